The third kappa shape index (κ3) is 5.25. The quantitative estimate of drug-likeness (QED) is 0.284. The van der Waals surface area contributed by atoms with Crippen LogP contribution in [0.1, 0.15) is 19.8 Å². The predicted octanol–water partition coefficient (Wildman–Crippen LogP) is 5.19. The van der Waals surface area contributed by atoms with Crippen molar-refractivity contribution in [2.75, 3.05) is 38.8 Å². The summed E-state index contributed by atoms with van der Waals surface area (Å²) in [6, 6.07) is 11.1. The second kappa shape index (κ2) is 11.4. The number of aromatic nitrogens is 5. The molecule has 0 bridgehead atoms. The largest absolute Gasteiger partial charge is 0.494 e. The van der Waals surface area contributed by atoms with E-state index in [0.29, 0.717) is 63.6 Å². The van der Waals surface area contributed by atoms with Crippen LogP contribution in [0.25, 0.3) is 28.5 Å². The summed E-state index contributed by atoms with van der Waals surface area (Å²) in [6.07, 6.45) is 1.90. The van der Waals surface area contributed by atoms with Gasteiger partial charge in [0.1, 0.15) is 22.9 Å². The third-order valence-corrected chi connectivity index (χ3v) is 7.19. The van der Waals surface area contributed by atoms with E-state index in [0.717, 1.165) is 26.1 Å². The summed E-state index contributed by atoms with van der Waals surface area (Å²) in [7, 11) is 3.20. The van der Waals surface area contributed by atoms with Gasteiger partial charge in [0.15, 0.2) is 28.1 Å². The normalized spacial score (nSPS) is 14.1. The molecule has 0 saturated carbocycles. The molecule has 10 nitrogen and oxygen atoms in total. The summed E-state index contributed by atoms with van der Waals surface area (Å²) in [6.45, 7) is 3.89. The fourth-order valence-electron chi connectivity index (χ4n) is 4.07. The van der Waals surface area contributed by atoms with Gasteiger partial charge in [0.2, 0.25) is 5.88 Å². The number of methoxy groups -OCH3 is 2. The van der Waals surface area contributed by atoms with Crippen molar-refractivity contribution in [3.63, 3.8) is 0 Å². The lowest BCUT2D eigenvalue weighted by Gasteiger charge is -2.21. The van der Waals surface area contributed by atoms with Gasteiger partial charge >= 0.3 is 0 Å². The lowest BCUT2D eigenvalue weighted by atomic mass is 10.2. The smallest absolute Gasteiger partial charge is 0.213 e. The van der Waals surface area contributed by atoms with E-state index in [1.54, 1.807) is 32.2 Å². The van der Waals surface area contributed by atoms with Crippen LogP contribution in [0.4, 0.5) is 5.82 Å². The Hall–Kier alpha value is -3.28. The molecule has 1 saturated heterocycles. The summed E-state index contributed by atoms with van der Waals surface area (Å²) in [5, 5.41) is 0.619. The molecule has 4 aromatic rings. The molecule has 0 unspecified atom stereocenters. The summed E-state index contributed by atoms with van der Waals surface area (Å²) < 4.78 is 27.7. The van der Waals surface area contributed by atoms with E-state index in [9.17, 15) is 0 Å². The molecule has 1 aliphatic rings. The zero-order chi connectivity index (χ0) is 25.8. The van der Waals surface area contributed by atoms with Crippen LogP contribution in [0.5, 0.6) is 17.4 Å². The van der Waals surface area contributed by atoms with E-state index in [1.807, 2.05) is 41.8 Å². The number of imidazole rings is 1. The number of pyridine rings is 1. The zero-order valence-electron chi connectivity index (χ0n) is 20.7. The van der Waals surface area contributed by atoms with Gasteiger partial charge in [0, 0.05) is 24.5 Å². The van der Waals surface area contributed by atoms with Crippen LogP contribution < -0.4 is 18.9 Å². The van der Waals surface area contributed by atoms with Crippen LogP contribution >= 0.6 is 23.5 Å². The number of hydrogen-bond donors (Lipinski definition) is 1. The number of nitrogens with one attached hydrogen (secondary N) is 1. The van der Waals surface area contributed by atoms with E-state index in [4.69, 9.17) is 40.5 Å². The Bertz CT molecular complexity index is 1370. The molecule has 37 heavy (non-hydrogen) atoms. The number of para-hydroxylation sites is 1. The van der Waals surface area contributed by atoms with Gasteiger partial charge < -0.3 is 23.7 Å². The number of rotatable bonds is 9. The summed E-state index contributed by atoms with van der Waals surface area (Å²) >= 11 is 8.13. The van der Waals surface area contributed by atoms with Gasteiger partial charge in [0.05, 0.1) is 20.8 Å². The van der Waals surface area contributed by atoms with Crippen LogP contribution in [-0.2, 0) is 4.74 Å². The average molecular weight is 543 g/mol. The molecule has 1 fully saturated rings. The highest BCUT2D eigenvalue weighted by molar-refractivity contribution is 8.01. The van der Waals surface area contributed by atoms with Gasteiger partial charge in [-0.2, -0.15) is 0 Å². The molecule has 4 heterocycles. The topological polar surface area (TPSA) is 105 Å². The first-order chi connectivity index (χ1) is 18.1. The Morgan fingerprint density at radius 1 is 1.03 bits per heavy atom. The molecule has 1 aromatic carbocycles. The van der Waals surface area contributed by atoms with Crippen molar-refractivity contribution in [1.29, 1.82) is 0 Å². The van der Waals surface area contributed by atoms with E-state index >= 15 is 0 Å². The minimum absolute atomic E-state index is 0.228. The maximum Gasteiger partial charge on any atom is 0.213 e. The number of halogens is 1. The first-order valence-electron chi connectivity index (χ1n) is 11.9. The van der Waals surface area contributed by atoms with Gasteiger partial charge in [-0.1, -0.05) is 23.7 Å². The van der Waals surface area contributed by atoms with Crippen LogP contribution in [0.3, 0.4) is 0 Å². The molecule has 0 atom stereocenters. The first-order valence-corrected chi connectivity index (χ1v) is 13.2. The Morgan fingerprint density at radius 3 is 2.46 bits per heavy atom. The van der Waals surface area contributed by atoms with Crippen LogP contribution in [0.2, 0.25) is 5.15 Å². The fraction of sp³-hybridized carbons (Fsp3) is 0.360. The molecule has 0 amide bonds. The van der Waals surface area contributed by atoms with Crippen molar-refractivity contribution in [3.8, 4) is 34.6 Å². The van der Waals surface area contributed by atoms with Crippen LogP contribution in [-0.4, -0.2) is 63.8 Å². The monoisotopic (exact) mass is 542 g/mol. The number of hydrogen-bond acceptors (Lipinski definition) is 10. The average Bonchev–Trinajstić information content (AvgIpc) is 3.29. The highest BCUT2D eigenvalue weighted by Gasteiger charge is 2.25. The van der Waals surface area contributed by atoms with Crippen LogP contribution in [0.15, 0.2) is 36.4 Å². The Balaban J connectivity index is 1.69. The second-order valence-electron chi connectivity index (χ2n) is 8.12. The Kier molecular flexibility index (Phi) is 7.82. The molecule has 0 aliphatic carbocycles. The van der Waals surface area contributed by atoms with Gasteiger partial charge in [-0.25, -0.2) is 19.9 Å². The Morgan fingerprint density at radius 2 is 1.76 bits per heavy atom. The summed E-state index contributed by atoms with van der Waals surface area (Å²) in [5.41, 5.74) is 2.02. The minimum Gasteiger partial charge on any atom is -0.494 e. The van der Waals surface area contributed by atoms with Crippen molar-refractivity contribution in [2.45, 2.75) is 25.0 Å². The van der Waals surface area contributed by atoms with Crippen molar-refractivity contribution >= 4 is 40.7 Å². The molecule has 3 aromatic heterocycles. The van der Waals surface area contributed by atoms with Crippen molar-refractivity contribution in [3.05, 3.63) is 41.6 Å². The third-order valence-electron chi connectivity index (χ3n) is 5.81. The van der Waals surface area contributed by atoms with E-state index in [2.05, 4.69) is 14.7 Å². The number of nitrogens with zero attached hydrogens (tertiary/aromatic N) is 5. The first kappa shape index (κ1) is 25.4. The molecular formula is C25H27ClN6O4S. The van der Waals surface area contributed by atoms with Gasteiger partial charge in [0.25, 0.3) is 0 Å². The molecule has 194 valence electrons. The highest BCUT2D eigenvalue weighted by Crippen LogP contribution is 2.39. The molecule has 1 aliphatic heterocycles. The van der Waals surface area contributed by atoms with Crippen LogP contribution in [0, 0.1) is 0 Å². The van der Waals surface area contributed by atoms with Crippen molar-refractivity contribution < 1.29 is 18.9 Å². The zero-order valence-corrected chi connectivity index (χ0v) is 22.3. The number of benzene rings is 1. The lowest BCUT2D eigenvalue weighted by Crippen LogP contribution is -2.19. The number of anilines is 1. The molecule has 0 radical (unpaired) electrons. The summed E-state index contributed by atoms with van der Waals surface area (Å²) in [5.74, 6) is 2.57. The van der Waals surface area contributed by atoms with E-state index in [1.165, 1.54) is 0 Å². The predicted molar refractivity (Wildman–Crippen MR) is 144 cm³/mol. The van der Waals surface area contributed by atoms with Gasteiger partial charge in [-0.3, -0.25) is 4.57 Å². The second-order valence-corrected chi connectivity index (χ2v) is 9.58. The van der Waals surface area contributed by atoms with E-state index in [-0.39, 0.29) is 5.15 Å². The number of fused-ring (bicyclic) bond motifs is 1. The molecule has 0 spiro atoms. The highest BCUT2D eigenvalue weighted by atomic mass is 35.5. The van der Waals surface area contributed by atoms with E-state index < -0.39 is 0 Å². The minimum atomic E-state index is 0.228. The van der Waals surface area contributed by atoms with Gasteiger partial charge in [-0.15, -0.1) is 0 Å². The maximum absolute atomic E-state index is 6.55. The Labute approximate surface area is 223 Å². The fourth-order valence-corrected chi connectivity index (χ4v) is 5.15. The maximum atomic E-state index is 6.55. The van der Waals surface area contributed by atoms with Gasteiger partial charge in [-0.05, 0) is 49.9 Å². The standard InChI is InChI=1S/C25H27ClN6O4S/c1-4-36-19-10-5-7-16(27-19)24-30-23-25(32(24)20-17(33-2)8-6-9-18(20)34-3)29-22(21(26)28-23)31-37-15-11-13-35-14-12-15/h5-10,15H,4,11-14H2,1-3H3,(H,29,31). The SMILES string of the molecule is CCOc1cccc(-c2nc3nc(Cl)c(NSC4CCOCC4)nc3n2-c2c(OC)cccc2OC)n1. The number of ether oxygens (including phenoxy) is 4. The molecule has 1 N–H and O–H groups in total. The lowest BCUT2D eigenvalue weighted by molar-refractivity contribution is 0.100. The molecule has 12 heteroatoms. The molecule has 5 rings (SSSR count). The van der Waals surface area contributed by atoms with Crippen molar-refractivity contribution in [2.24, 2.45) is 0 Å². The molecular weight excluding hydrogens is 516 g/mol. The van der Waals surface area contributed by atoms with Crippen molar-refractivity contribution in [1.82, 2.24) is 24.5 Å². The summed E-state index contributed by atoms with van der Waals surface area (Å²) in [4.78, 5) is 18.9.